The molecule has 0 spiro atoms. The lowest BCUT2D eigenvalue weighted by atomic mass is 10.1. The predicted molar refractivity (Wildman–Crippen MR) is 261 cm³/mol. The van der Waals surface area contributed by atoms with Crippen molar-refractivity contribution in [2.75, 3.05) is 39.6 Å². The van der Waals surface area contributed by atoms with Crippen molar-refractivity contribution in [3.8, 4) is 0 Å². The highest BCUT2D eigenvalue weighted by Gasteiger charge is 2.32. The van der Waals surface area contributed by atoms with Gasteiger partial charge in [-0.2, -0.15) is 0 Å². The SMILES string of the molecule is CCCCCCCCCCC(OCCCC)=C(OCCCC)C(OCCCCCC)OC(OCCCCCC)C(OCCCC)=C(CCCCCCCCCC)OCCCC. The minimum absolute atomic E-state index is 0.572. The smallest absolute Gasteiger partial charge is 0.223 e. The van der Waals surface area contributed by atoms with Crippen LogP contribution in [0.1, 0.15) is 274 Å². The fraction of sp³-hybridized carbons (Fsp3) is 0.926. The van der Waals surface area contributed by atoms with Crippen LogP contribution < -0.4 is 0 Å². The summed E-state index contributed by atoms with van der Waals surface area (Å²) in [6.45, 7) is 21.6. The standard InChI is InChI=1S/C54H106O7/c1-9-17-25-29-31-33-35-37-41-49(55-43-21-13-5)51(57-45-23-15-7)53(59-47-39-27-19-11-3)61-54(60-48-40-28-20-12-4)52(58-46-24-16-8)50(56-44-22-14-6)42-38-36-34-32-30-26-18-10-2/h53-54H,9-48H2,1-8H3. The Kier molecular flexibility index (Phi) is 46.9. The van der Waals surface area contributed by atoms with Gasteiger partial charge < -0.3 is 33.2 Å². The van der Waals surface area contributed by atoms with Crippen molar-refractivity contribution < 1.29 is 33.2 Å². The van der Waals surface area contributed by atoms with Gasteiger partial charge >= 0.3 is 0 Å². The van der Waals surface area contributed by atoms with Gasteiger partial charge in [0, 0.05) is 12.8 Å². The van der Waals surface area contributed by atoms with Crippen molar-refractivity contribution >= 4 is 0 Å². The molecular weight excluding hydrogens is 761 g/mol. The summed E-state index contributed by atoms with van der Waals surface area (Å²) in [5.74, 6) is 3.14. The largest absolute Gasteiger partial charge is 0.494 e. The van der Waals surface area contributed by atoms with Crippen LogP contribution in [-0.4, -0.2) is 52.2 Å². The summed E-state index contributed by atoms with van der Waals surface area (Å²) < 4.78 is 48.0. The molecule has 61 heavy (non-hydrogen) atoms. The van der Waals surface area contributed by atoms with Crippen molar-refractivity contribution in [2.45, 2.75) is 286 Å². The number of unbranched alkanes of at least 4 members (excludes halogenated alkanes) is 24. The molecule has 0 aliphatic rings. The van der Waals surface area contributed by atoms with Crippen molar-refractivity contribution in [1.29, 1.82) is 0 Å². The lowest BCUT2D eigenvalue weighted by Gasteiger charge is -2.30. The third kappa shape index (κ3) is 35.6. The Balaban J connectivity index is 7.20. The van der Waals surface area contributed by atoms with Crippen LogP contribution in [0.4, 0.5) is 0 Å². The number of allylic oxidation sites excluding steroid dienone is 2. The third-order valence-corrected chi connectivity index (χ3v) is 11.3. The summed E-state index contributed by atoms with van der Waals surface area (Å²) in [7, 11) is 0. The van der Waals surface area contributed by atoms with Gasteiger partial charge in [-0.05, 0) is 51.4 Å². The highest BCUT2D eigenvalue weighted by Crippen LogP contribution is 2.30. The van der Waals surface area contributed by atoms with Crippen LogP contribution in [0, 0.1) is 0 Å². The Morgan fingerprint density at radius 3 is 0.836 bits per heavy atom. The normalized spacial score (nSPS) is 13.5. The summed E-state index contributed by atoms with van der Waals surface area (Å²) in [6, 6.07) is 0. The van der Waals surface area contributed by atoms with Gasteiger partial charge in [-0.3, -0.25) is 0 Å². The fourth-order valence-corrected chi connectivity index (χ4v) is 7.17. The molecular formula is C54H106O7. The van der Waals surface area contributed by atoms with E-state index in [1.807, 2.05) is 0 Å². The van der Waals surface area contributed by atoms with E-state index >= 15 is 0 Å². The van der Waals surface area contributed by atoms with Gasteiger partial charge in [0.05, 0.1) is 39.6 Å². The van der Waals surface area contributed by atoms with Gasteiger partial charge in [0.2, 0.25) is 12.6 Å². The molecule has 0 N–H and O–H groups in total. The minimum atomic E-state index is -0.797. The van der Waals surface area contributed by atoms with Crippen molar-refractivity contribution in [3.63, 3.8) is 0 Å². The molecule has 7 nitrogen and oxygen atoms in total. The number of hydrogen-bond donors (Lipinski definition) is 0. The maximum Gasteiger partial charge on any atom is 0.223 e. The topological polar surface area (TPSA) is 64.6 Å². The molecule has 0 radical (unpaired) electrons. The molecule has 0 fully saturated rings. The third-order valence-electron chi connectivity index (χ3n) is 11.3. The van der Waals surface area contributed by atoms with Gasteiger partial charge in [-0.1, -0.05) is 209 Å². The van der Waals surface area contributed by atoms with Crippen molar-refractivity contribution in [3.05, 3.63) is 23.0 Å². The van der Waals surface area contributed by atoms with Crippen molar-refractivity contribution in [2.24, 2.45) is 0 Å². The van der Waals surface area contributed by atoms with E-state index in [4.69, 9.17) is 33.2 Å². The first-order valence-corrected chi connectivity index (χ1v) is 26.9. The molecule has 364 valence electrons. The molecule has 0 bridgehead atoms. The van der Waals surface area contributed by atoms with Crippen LogP contribution in [-0.2, 0) is 33.2 Å². The Bertz CT molecular complexity index is 876. The monoisotopic (exact) mass is 867 g/mol. The molecule has 7 heteroatoms. The molecule has 2 atom stereocenters. The average Bonchev–Trinajstić information content (AvgIpc) is 3.26. The summed E-state index contributed by atoms with van der Waals surface area (Å²) in [4.78, 5) is 0. The van der Waals surface area contributed by atoms with E-state index in [9.17, 15) is 0 Å². The second-order valence-electron chi connectivity index (χ2n) is 17.5. The molecule has 0 aliphatic heterocycles. The van der Waals surface area contributed by atoms with Gasteiger partial charge in [0.25, 0.3) is 0 Å². The highest BCUT2D eigenvalue weighted by atomic mass is 16.8. The lowest BCUT2D eigenvalue weighted by molar-refractivity contribution is -0.243. The van der Waals surface area contributed by atoms with Crippen molar-refractivity contribution in [1.82, 2.24) is 0 Å². The second-order valence-corrected chi connectivity index (χ2v) is 17.5. The molecule has 0 aliphatic carbocycles. The van der Waals surface area contributed by atoms with E-state index in [1.165, 1.54) is 116 Å². The maximum absolute atomic E-state index is 7.22. The van der Waals surface area contributed by atoms with Gasteiger partial charge in [-0.15, -0.1) is 0 Å². The van der Waals surface area contributed by atoms with Crippen LogP contribution in [0.2, 0.25) is 0 Å². The Labute approximate surface area is 380 Å². The first kappa shape index (κ1) is 59.6. The van der Waals surface area contributed by atoms with E-state index in [1.54, 1.807) is 0 Å². The Hall–Kier alpha value is -1.44. The average molecular weight is 867 g/mol. The Morgan fingerprint density at radius 2 is 0.525 bits per heavy atom. The van der Waals surface area contributed by atoms with Crippen LogP contribution in [0.25, 0.3) is 0 Å². The summed E-state index contributed by atoms with van der Waals surface area (Å²) in [6.07, 6.45) is 37.2. The molecule has 0 heterocycles. The maximum atomic E-state index is 7.22. The predicted octanol–water partition coefficient (Wildman–Crippen LogP) is 17.6. The Morgan fingerprint density at radius 1 is 0.262 bits per heavy atom. The quantitative estimate of drug-likeness (QED) is 0.0343. The van der Waals surface area contributed by atoms with E-state index in [-0.39, 0.29) is 0 Å². The first-order valence-electron chi connectivity index (χ1n) is 26.9. The van der Waals surface area contributed by atoms with Gasteiger partial charge in [0.15, 0.2) is 11.5 Å². The first-order chi connectivity index (χ1) is 30.1. The van der Waals surface area contributed by atoms with E-state index in [0.717, 1.165) is 114 Å². The molecule has 0 aromatic heterocycles. The molecule has 0 aromatic carbocycles. The summed E-state index contributed by atoms with van der Waals surface area (Å²) in [5.41, 5.74) is 0. The molecule has 0 amide bonds. The molecule has 0 aromatic rings. The highest BCUT2D eigenvalue weighted by molar-refractivity contribution is 5.09. The van der Waals surface area contributed by atoms with E-state index in [2.05, 4.69) is 55.4 Å². The minimum Gasteiger partial charge on any atom is -0.494 e. The van der Waals surface area contributed by atoms with E-state index < -0.39 is 12.6 Å². The number of hydrogen-bond acceptors (Lipinski definition) is 7. The summed E-state index contributed by atoms with van der Waals surface area (Å²) >= 11 is 0. The fourth-order valence-electron chi connectivity index (χ4n) is 7.17. The zero-order valence-corrected chi connectivity index (χ0v) is 42.3. The van der Waals surface area contributed by atoms with E-state index in [0.29, 0.717) is 51.2 Å². The zero-order chi connectivity index (χ0) is 44.7. The number of rotatable bonds is 50. The second kappa shape index (κ2) is 48.0. The molecule has 2 unspecified atom stereocenters. The zero-order valence-electron chi connectivity index (χ0n) is 42.3. The molecule has 0 rings (SSSR count). The van der Waals surface area contributed by atoms with Crippen LogP contribution in [0.5, 0.6) is 0 Å². The van der Waals surface area contributed by atoms with Crippen LogP contribution in [0.3, 0.4) is 0 Å². The van der Waals surface area contributed by atoms with Gasteiger partial charge in [-0.25, -0.2) is 0 Å². The molecule has 0 saturated heterocycles. The van der Waals surface area contributed by atoms with Crippen LogP contribution in [0.15, 0.2) is 23.0 Å². The number of ether oxygens (including phenoxy) is 7. The summed E-state index contributed by atoms with van der Waals surface area (Å²) in [5, 5.41) is 0. The molecule has 0 saturated carbocycles. The lowest BCUT2D eigenvalue weighted by Crippen LogP contribution is -2.34. The van der Waals surface area contributed by atoms with Crippen LogP contribution >= 0.6 is 0 Å². The van der Waals surface area contributed by atoms with Gasteiger partial charge in [0.1, 0.15) is 11.5 Å².